The molecule has 0 atom stereocenters. The van der Waals surface area contributed by atoms with Crippen LogP contribution in [0.2, 0.25) is 5.02 Å². The molecule has 1 rings (SSSR count). The maximum atomic E-state index is 13.8. The molecule has 0 spiro atoms. The van der Waals surface area contributed by atoms with Gasteiger partial charge in [0.1, 0.15) is 11.7 Å². The number of ether oxygens (including phenoxy) is 1. The van der Waals surface area contributed by atoms with Crippen molar-refractivity contribution in [3.63, 3.8) is 0 Å². The maximum absolute atomic E-state index is 13.8. The van der Waals surface area contributed by atoms with E-state index in [1.165, 1.54) is 6.07 Å². The van der Waals surface area contributed by atoms with Crippen molar-refractivity contribution in [1.82, 2.24) is 4.90 Å². The summed E-state index contributed by atoms with van der Waals surface area (Å²) in [5, 5.41) is 11.8. The fourth-order valence-electron chi connectivity index (χ4n) is 1.72. The number of hydrogen-bond acceptors (Lipinski definition) is 4. The third-order valence-corrected chi connectivity index (χ3v) is 3.22. The molecule has 0 bridgehead atoms. The third kappa shape index (κ3) is 5.32. The fraction of sp³-hybridized carbons (Fsp3) is 0.462. The zero-order chi connectivity index (χ0) is 15.0. The van der Waals surface area contributed by atoms with Crippen LogP contribution >= 0.6 is 11.6 Å². The van der Waals surface area contributed by atoms with Gasteiger partial charge in [0.2, 0.25) is 0 Å². The van der Waals surface area contributed by atoms with Crippen molar-refractivity contribution in [3.05, 3.63) is 34.6 Å². The molecule has 3 N–H and O–H groups in total. The maximum Gasteiger partial charge on any atom is 0.140 e. The molecule has 0 aromatic heterocycles. The molecule has 0 aliphatic carbocycles. The number of methoxy groups -OCH3 is 1. The van der Waals surface area contributed by atoms with Crippen molar-refractivity contribution < 1.29 is 14.3 Å². The summed E-state index contributed by atoms with van der Waals surface area (Å²) in [6.45, 7) is 1.96. The molecule has 1 aromatic carbocycles. The number of nitrogens with zero attached hydrogens (tertiary/aromatic N) is 2. The van der Waals surface area contributed by atoms with Crippen LogP contribution in [-0.4, -0.2) is 42.7 Å². The lowest BCUT2D eigenvalue weighted by Gasteiger charge is -2.22. The Balaban J connectivity index is 2.73. The van der Waals surface area contributed by atoms with E-state index in [1.807, 2.05) is 4.90 Å². The monoisotopic (exact) mass is 303 g/mol. The third-order valence-electron chi connectivity index (χ3n) is 2.87. The molecular formula is C13H19ClFN3O2. The van der Waals surface area contributed by atoms with Crippen LogP contribution < -0.4 is 5.73 Å². The minimum absolute atomic E-state index is 0.132. The van der Waals surface area contributed by atoms with Gasteiger partial charge in [0.15, 0.2) is 0 Å². The Hall–Kier alpha value is -1.37. The van der Waals surface area contributed by atoms with Gasteiger partial charge in [-0.25, -0.2) is 4.39 Å². The molecule has 0 unspecified atom stereocenters. The Morgan fingerprint density at radius 1 is 1.50 bits per heavy atom. The van der Waals surface area contributed by atoms with Gasteiger partial charge in [-0.1, -0.05) is 22.8 Å². The van der Waals surface area contributed by atoms with E-state index in [-0.39, 0.29) is 11.7 Å². The van der Waals surface area contributed by atoms with Gasteiger partial charge in [-0.15, -0.1) is 0 Å². The Kier molecular flexibility index (Phi) is 7.28. The van der Waals surface area contributed by atoms with E-state index in [0.717, 1.165) is 0 Å². The molecule has 112 valence electrons. The molecular weight excluding hydrogens is 285 g/mol. The predicted octanol–water partition coefficient (Wildman–Crippen LogP) is 2.06. The largest absolute Gasteiger partial charge is 0.409 e. The number of rotatable bonds is 8. The first-order chi connectivity index (χ1) is 9.58. The normalized spacial score (nSPS) is 12.1. The summed E-state index contributed by atoms with van der Waals surface area (Å²) in [7, 11) is 1.60. The van der Waals surface area contributed by atoms with Gasteiger partial charge < -0.3 is 15.7 Å². The van der Waals surface area contributed by atoms with Crippen LogP contribution in [0.1, 0.15) is 12.0 Å². The van der Waals surface area contributed by atoms with Crippen molar-refractivity contribution in [3.8, 4) is 0 Å². The van der Waals surface area contributed by atoms with Crippen LogP contribution in [0.4, 0.5) is 4.39 Å². The van der Waals surface area contributed by atoms with Crippen molar-refractivity contribution in [2.45, 2.75) is 13.0 Å². The van der Waals surface area contributed by atoms with Gasteiger partial charge in [-0.2, -0.15) is 0 Å². The Morgan fingerprint density at radius 3 is 2.85 bits per heavy atom. The summed E-state index contributed by atoms with van der Waals surface area (Å²) < 4.78 is 18.8. The van der Waals surface area contributed by atoms with Crippen LogP contribution in [0.3, 0.4) is 0 Å². The van der Waals surface area contributed by atoms with Crippen molar-refractivity contribution in [2.75, 3.05) is 26.8 Å². The molecule has 0 radical (unpaired) electrons. The van der Waals surface area contributed by atoms with Gasteiger partial charge in [-0.05, 0) is 12.1 Å². The number of halogens is 2. The smallest absolute Gasteiger partial charge is 0.140 e. The molecule has 0 aliphatic rings. The lowest BCUT2D eigenvalue weighted by molar-refractivity contribution is 0.145. The van der Waals surface area contributed by atoms with E-state index in [0.29, 0.717) is 43.2 Å². The zero-order valence-corrected chi connectivity index (χ0v) is 12.1. The van der Waals surface area contributed by atoms with E-state index in [4.69, 9.17) is 27.3 Å². The van der Waals surface area contributed by atoms with E-state index in [9.17, 15) is 4.39 Å². The minimum atomic E-state index is -0.344. The van der Waals surface area contributed by atoms with Crippen molar-refractivity contribution in [2.24, 2.45) is 10.9 Å². The SMILES string of the molecule is COCCN(CCC(N)=NO)Cc1c(F)cccc1Cl. The molecule has 0 aliphatic heterocycles. The topological polar surface area (TPSA) is 71.1 Å². The predicted molar refractivity (Wildman–Crippen MR) is 76.6 cm³/mol. The quantitative estimate of drug-likeness (QED) is 0.334. The number of amidine groups is 1. The molecule has 0 fully saturated rings. The standard InChI is InChI=1S/C13H19ClFN3O2/c1-20-8-7-18(6-5-13(16)17-19)9-10-11(14)3-2-4-12(10)15/h2-4,19H,5-9H2,1H3,(H2,16,17). The average molecular weight is 304 g/mol. The highest BCUT2D eigenvalue weighted by molar-refractivity contribution is 6.31. The Bertz CT molecular complexity index is 437. The Morgan fingerprint density at radius 2 is 2.25 bits per heavy atom. The fourth-order valence-corrected chi connectivity index (χ4v) is 1.94. The lowest BCUT2D eigenvalue weighted by atomic mass is 10.2. The van der Waals surface area contributed by atoms with Crippen LogP contribution in [0.5, 0.6) is 0 Å². The summed E-state index contributed by atoms with van der Waals surface area (Å²) in [6, 6.07) is 4.59. The minimum Gasteiger partial charge on any atom is -0.409 e. The molecule has 0 saturated carbocycles. The van der Waals surface area contributed by atoms with Crippen LogP contribution in [0, 0.1) is 5.82 Å². The molecule has 0 saturated heterocycles. The highest BCUT2D eigenvalue weighted by Gasteiger charge is 2.13. The highest BCUT2D eigenvalue weighted by Crippen LogP contribution is 2.20. The molecule has 7 heteroatoms. The second-order valence-electron chi connectivity index (χ2n) is 4.31. The van der Waals surface area contributed by atoms with Crippen LogP contribution in [-0.2, 0) is 11.3 Å². The molecule has 20 heavy (non-hydrogen) atoms. The second kappa shape index (κ2) is 8.73. The van der Waals surface area contributed by atoms with Gasteiger partial charge in [0, 0.05) is 43.8 Å². The number of benzene rings is 1. The number of hydrogen-bond donors (Lipinski definition) is 2. The van der Waals surface area contributed by atoms with Crippen molar-refractivity contribution in [1.29, 1.82) is 0 Å². The van der Waals surface area contributed by atoms with Crippen LogP contribution in [0.15, 0.2) is 23.4 Å². The highest BCUT2D eigenvalue weighted by atomic mass is 35.5. The summed E-state index contributed by atoms with van der Waals surface area (Å²) in [5.41, 5.74) is 5.88. The summed E-state index contributed by atoms with van der Waals surface area (Å²) in [6.07, 6.45) is 0.381. The van der Waals surface area contributed by atoms with Crippen LogP contribution in [0.25, 0.3) is 0 Å². The van der Waals surface area contributed by atoms with Gasteiger partial charge in [0.05, 0.1) is 6.61 Å². The van der Waals surface area contributed by atoms with E-state index < -0.39 is 0 Å². The molecule has 0 amide bonds. The van der Waals surface area contributed by atoms with E-state index >= 15 is 0 Å². The second-order valence-corrected chi connectivity index (χ2v) is 4.72. The van der Waals surface area contributed by atoms with E-state index in [2.05, 4.69) is 5.16 Å². The molecule has 1 aromatic rings. The van der Waals surface area contributed by atoms with Crippen molar-refractivity contribution >= 4 is 17.4 Å². The average Bonchev–Trinajstić information content (AvgIpc) is 2.44. The first-order valence-corrected chi connectivity index (χ1v) is 6.56. The van der Waals surface area contributed by atoms with Gasteiger partial charge in [0.25, 0.3) is 0 Å². The summed E-state index contributed by atoms with van der Waals surface area (Å²) in [4.78, 5) is 1.94. The summed E-state index contributed by atoms with van der Waals surface area (Å²) >= 11 is 6.01. The first-order valence-electron chi connectivity index (χ1n) is 6.19. The van der Waals surface area contributed by atoms with Gasteiger partial charge in [-0.3, -0.25) is 4.90 Å². The molecule has 0 heterocycles. The zero-order valence-electron chi connectivity index (χ0n) is 11.4. The van der Waals surface area contributed by atoms with E-state index in [1.54, 1.807) is 19.2 Å². The molecule has 5 nitrogen and oxygen atoms in total. The number of nitrogens with two attached hydrogens (primary N) is 1. The lowest BCUT2D eigenvalue weighted by Crippen LogP contribution is -2.31. The first kappa shape index (κ1) is 16.7. The van der Waals surface area contributed by atoms with Gasteiger partial charge >= 0.3 is 0 Å². The summed E-state index contributed by atoms with van der Waals surface area (Å²) in [5.74, 6) is -0.212. The Labute approximate surface area is 122 Å². The number of oxime groups is 1.